The SMILES string of the molecule is CC(C)(C)NC(=O)CNc1ccc(F)cc1[N+](=O)[O-]. The van der Waals surface area contributed by atoms with Gasteiger partial charge in [-0.2, -0.15) is 0 Å². The Morgan fingerprint density at radius 1 is 1.42 bits per heavy atom. The number of benzene rings is 1. The molecule has 0 spiro atoms. The number of carbonyl (C=O) groups is 1. The highest BCUT2D eigenvalue weighted by molar-refractivity contribution is 5.82. The Kier molecular flexibility index (Phi) is 4.42. The molecule has 1 rings (SSSR count). The molecule has 0 saturated heterocycles. The fourth-order valence-electron chi connectivity index (χ4n) is 1.44. The average molecular weight is 269 g/mol. The lowest BCUT2D eigenvalue weighted by molar-refractivity contribution is -0.384. The van der Waals surface area contributed by atoms with Crippen molar-refractivity contribution in [1.82, 2.24) is 5.32 Å². The number of carbonyl (C=O) groups excluding carboxylic acids is 1. The Morgan fingerprint density at radius 2 is 2.05 bits per heavy atom. The van der Waals surface area contributed by atoms with E-state index >= 15 is 0 Å². The van der Waals surface area contributed by atoms with Gasteiger partial charge in [0, 0.05) is 5.54 Å². The van der Waals surface area contributed by atoms with E-state index in [2.05, 4.69) is 10.6 Å². The maximum Gasteiger partial charge on any atom is 0.295 e. The summed E-state index contributed by atoms with van der Waals surface area (Å²) in [4.78, 5) is 21.6. The summed E-state index contributed by atoms with van der Waals surface area (Å²) in [5.41, 5.74) is -0.674. The summed E-state index contributed by atoms with van der Waals surface area (Å²) in [5.74, 6) is -0.998. The highest BCUT2D eigenvalue weighted by atomic mass is 19.1. The van der Waals surface area contributed by atoms with Gasteiger partial charge in [0.2, 0.25) is 5.91 Å². The van der Waals surface area contributed by atoms with E-state index in [1.54, 1.807) is 0 Å². The number of nitro benzene ring substituents is 1. The van der Waals surface area contributed by atoms with Gasteiger partial charge in [0.15, 0.2) is 0 Å². The first-order chi connectivity index (χ1) is 8.69. The van der Waals surface area contributed by atoms with Crippen molar-refractivity contribution in [3.8, 4) is 0 Å². The van der Waals surface area contributed by atoms with Gasteiger partial charge in [0.1, 0.15) is 11.5 Å². The minimum atomic E-state index is -0.701. The first kappa shape index (κ1) is 14.9. The third-order valence-corrected chi connectivity index (χ3v) is 2.11. The number of nitro groups is 1. The van der Waals surface area contributed by atoms with Gasteiger partial charge in [-0.1, -0.05) is 0 Å². The molecule has 0 unspecified atom stereocenters. The third-order valence-electron chi connectivity index (χ3n) is 2.11. The Labute approximate surface area is 110 Å². The van der Waals surface area contributed by atoms with Gasteiger partial charge in [0.25, 0.3) is 5.69 Å². The van der Waals surface area contributed by atoms with Crippen LogP contribution >= 0.6 is 0 Å². The van der Waals surface area contributed by atoms with E-state index in [1.165, 1.54) is 6.07 Å². The zero-order valence-electron chi connectivity index (χ0n) is 11.0. The molecule has 6 nitrogen and oxygen atoms in total. The molecule has 1 amide bonds. The van der Waals surface area contributed by atoms with Crippen molar-refractivity contribution in [2.45, 2.75) is 26.3 Å². The van der Waals surface area contributed by atoms with Crippen molar-refractivity contribution in [3.63, 3.8) is 0 Å². The molecule has 0 aliphatic heterocycles. The van der Waals surface area contributed by atoms with Crippen LogP contribution in [0.4, 0.5) is 15.8 Å². The largest absolute Gasteiger partial charge is 0.371 e. The first-order valence-electron chi connectivity index (χ1n) is 5.68. The number of hydrogen-bond acceptors (Lipinski definition) is 4. The third kappa shape index (κ3) is 4.90. The van der Waals surface area contributed by atoms with Crippen molar-refractivity contribution < 1.29 is 14.1 Å². The van der Waals surface area contributed by atoms with Crippen LogP contribution < -0.4 is 10.6 Å². The number of amides is 1. The molecule has 1 aromatic rings. The summed E-state index contributed by atoms with van der Waals surface area (Å²) in [6, 6.07) is 3.14. The molecule has 7 heteroatoms. The fraction of sp³-hybridized carbons (Fsp3) is 0.417. The molecule has 0 aliphatic carbocycles. The normalized spacial score (nSPS) is 10.9. The minimum absolute atomic E-state index is 0.107. The van der Waals surface area contributed by atoms with E-state index in [9.17, 15) is 19.3 Å². The van der Waals surface area contributed by atoms with Crippen LogP contribution in [0.2, 0.25) is 0 Å². The molecule has 0 atom stereocenters. The van der Waals surface area contributed by atoms with Crippen LogP contribution in [0, 0.1) is 15.9 Å². The summed E-state index contributed by atoms with van der Waals surface area (Å²) < 4.78 is 12.9. The maximum atomic E-state index is 12.9. The van der Waals surface area contributed by atoms with E-state index in [1.807, 2.05) is 20.8 Å². The van der Waals surface area contributed by atoms with Crippen molar-refractivity contribution >= 4 is 17.3 Å². The summed E-state index contributed by atoms with van der Waals surface area (Å²) in [6.45, 7) is 5.35. The van der Waals surface area contributed by atoms with Gasteiger partial charge in [0.05, 0.1) is 17.5 Å². The smallest absolute Gasteiger partial charge is 0.295 e. The van der Waals surface area contributed by atoms with Crippen LogP contribution in [-0.2, 0) is 4.79 Å². The highest BCUT2D eigenvalue weighted by Gasteiger charge is 2.17. The van der Waals surface area contributed by atoms with E-state index in [0.717, 1.165) is 12.1 Å². The van der Waals surface area contributed by atoms with Gasteiger partial charge >= 0.3 is 0 Å². The molecule has 0 heterocycles. The van der Waals surface area contributed by atoms with Gasteiger partial charge in [-0.15, -0.1) is 0 Å². The van der Waals surface area contributed by atoms with Crippen molar-refractivity contribution in [3.05, 3.63) is 34.1 Å². The number of halogens is 1. The molecule has 104 valence electrons. The number of nitrogens with zero attached hydrogens (tertiary/aromatic N) is 1. The predicted molar refractivity (Wildman–Crippen MR) is 69.4 cm³/mol. The van der Waals surface area contributed by atoms with Gasteiger partial charge < -0.3 is 10.6 Å². The van der Waals surface area contributed by atoms with Gasteiger partial charge in [-0.05, 0) is 32.9 Å². The summed E-state index contributed by atoms with van der Waals surface area (Å²) >= 11 is 0. The van der Waals surface area contributed by atoms with E-state index in [4.69, 9.17) is 0 Å². The zero-order chi connectivity index (χ0) is 14.6. The molecule has 0 saturated carbocycles. The van der Waals surface area contributed by atoms with Gasteiger partial charge in [-0.25, -0.2) is 4.39 Å². The average Bonchev–Trinajstić information content (AvgIpc) is 2.24. The van der Waals surface area contributed by atoms with E-state index in [-0.39, 0.29) is 23.7 Å². The molecule has 0 aliphatic rings. The Hall–Kier alpha value is -2.18. The lowest BCUT2D eigenvalue weighted by Gasteiger charge is -2.20. The second-order valence-electron chi connectivity index (χ2n) is 5.07. The highest BCUT2D eigenvalue weighted by Crippen LogP contribution is 2.24. The van der Waals surface area contributed by atoms with Crippen molar-refractivity contribution in [2.75, 3.05) is 11.9 Å². The summed E-state index contributed by atoms with van der Waals surface area (Å²) in [6.07, 6.45) is 0. The minimum Gasteiger partial charge on any atom is -0.371 e. The molecule has 0 radical (unpaired) electrons. The molecule has 0 bridgehead atoms. The number of anilines is 1. The standard InChI is InChI=1S/C12H16FN3O3/c1-12(2,3)15-11(17)7-14-9-5-4-8(13)6-10(9)16(18)19/h4-6,14H,7H2,1-3H3,(H,15,17). The molecular formula is C12H16FN3O3. The van der Waals surface area contributed by atoms with Crippen LogP contribution in [0.3, 0.4) is 0 Å². The summed E-state index contributed by atoms with van der Waals surface area (Å²) in [5, 5.41) is 16.1. The summed E-state index contributed by atoms with van der Waals surface area (Å²) in [7, 11) is 0. The molecule has 0 aromatic heterocycles. The monoisotopic (exact) mass is 269 g/mol. The number of nitrogens with one attached hydrogen (secondary N) is 2. The van der Waals surface area contributed by atoms with Crippen LogP contribution in [-0.4, -0.2) is 22.9 Å². The quantitative estimate of drug-likeness (QED) is 0.647. The maximum absolute atomic E-state index is 12.9. The van der Waals surface area contributed by atoms with E-state index < -0.39 is 16.4 Å². The van der Waals surface area contributed by atoms with Crippen molar-refractivity contribution in [1.29, 1.82) is 0 Å². The predicted octanol–water partition coefficient (Wildman–Crippen LogP) is 2.06. The second-order valence-corrected chi connectivity index (χ2v) is 5.07. The van der Waals surface area contributed by atoms with E-state index in [0.29, 0.717) is 0 Å². The molecule has 0 fully saturated rings. The van der Waals surface area contributed by atoms with Crippen molar-refractivity contribution in [2.24, 2.45) is 0 Å². The zero-order valence-corrected chi connectivity index (χ0v) is 11.0. The Morgan fingerprint density at radius 3 is 2.58 bits per heavy atom. The Bertz CT molecular complexity index is 497. The fourth-order valence-corrected chi connectivity index (χ4v) is 1.44. The van der Waals surface area contributed by atoms with Crippen LogP contribution in [0.25, 0.3) is 0 Å². The van der Waals surface area contributed by atoms with Gasteiger partial charge in [-0.3, -0.25) is 14.9 Å². The molecule has 2 N–H and O–H groups in total. The number of hydrogen-bond donors (Lipinski definition) is 2. The molecular weight excluding hydrogens is 253 g/mol. The molecule has 1 aromatic carbocycles. The first-order valence-corrected chi connectivity index (χ1v) is 5.68. The second kappa shape index (κ2) is 5.64. The Balaban J connectivity index is 2.73. The lowest BCUT2D eigenvalue weighted by Crippen LogP contribution is -2.43. The molecule has 19 heavy (non-hydrogen) atoms. The number of rotatable bonds is 4. The topological polar surface area (TPSA) is 84.3 Å². The van der Waals surface area contributed by atoms with Crippen LogP contribution in [0.15, 0.2) is 18.2 Å². The van der Waals surface area contributed by atoms with Crippen LogP contribution in [0.5, 0.6) is 0 Å². The van der Waals surface area contributed by atoms with Crippen LogP contribution in [0.1, 0.15) is 20.8 Å². The lowest BCUT2D eigenvalue weighted by atomic mass is 10.1.